The van der Waals surface area contributed by atoms with Crippen LogP contribution >= 0.6 is 0 Å². The second kappa shape index (κ2) is 7.25. The Morgan fingerprint density at radius 1 is 0.857 bits per heavy atom. The molecule has 2 rings (SSSR count). The van der Waals surface area contributed by atoms with E-state index in [-0.39, 0.29) is 13.2 Å². The van der Waals surface area contributed by atoms with Gasteiger partial charge in [0.2, 0.25) is 0 Å². The van der Waals surface area contributed by atoms with Crippen molar-refractivity contribution in [1.29, 1.82) is 0 Å². The molecule has 0 saturated heterocycles. The van der Waals surface area contributed by atoms with Crippen molar-refractivity contribution in [1.82, 2.24) is 0 Å². The molecule has 0 bridgehead atoms. The Labute approximate surface area is 125 Å². The van der Waals surface area contributed by atoms with Gasteiger partial charge >= 0.3 is 0 Å². The standard InChI is InChI=1S/C18H22O3/c1-21-17-10-6-5-9-16(17)12-18(13-19,14-20)11-15-7-3-2-4-8-15/h2-10,19-20H,11-14H2,1H3. The monoisotopic (exact) mass is 286 g/mol. The number of methoxy groups -OCH3 is 1. The van der Waals surface area contributed by atoms with E-state index in [1.165, 1.54) is 0 Å². The predicted octanol–water partition coefficient (Wildman–Crippen LogP) is 2.45. The van der Waals surface area contributed by atoms with Gasteiger partial charge in [-0.15, -0.1) is 0 Å². The van der Waals surface area contributed by atoms with Crippen LogP contribution in [-0.4, -0.2) is 30.5 Å². The highest BCUT2D eigenvalue weighted by Gasteiger charge is 2.30. The predicted molar refractivity (Wildman–Crippen MR) is 83.4 cm³/mol. The molecule has 0 aliphatic carbocycles. The Hall–Kier alpha value is -1.84. The van der Waals surface area contributed by atoms with E-state index in [1.807, 2.05) is 54.6 Å². The summed E-state index contributed by atoms with van der Waals surface area (Å²) < 4.78 is 5.37. The number of rotatable bonds is 7. The molecule has 0 radical (unpaired) electrons. The van der Waals surface area contributed by atoms with Crippen LogP contribution in [-0.2, 0) is 12.8 Å². The first kappa shape index (κ1) is 15.5. The van der Waals surface area contributed by atoms with Gasteiger partial charge in [-0.3, -0.25) is 0 Å². The van der Waals surface area contributed by atoms with Gasteiger partial charge in [-0.05, 0) is 30.0 Å². The maximum Gasteiger partial charge on any atom is 0.122 e. The molecule has 21 heavy (non-hydrogen) atoms. The molecule has 3 heteroatoms. The Morgan fingerprint density at radius 2 is 1.48 bits per heavy atom. The van der Waals surface area contributed by atoms with Crippen molar-refractivity contribution in [2.24, 2.45) is 5.41 Å². The van der Waals surface area contributed by atoms with Crippen molar-refractivity contribution in [3.63, 3.8) is 0 Å². The molecule has 2 aromatic carbocycles. The van der Waals surface area contributed by atoms with E-state index in [2.05, 4.69) is 0 Å². The van der Waals surface area contributed by atoms with Crippen LogP contribution in [0.2, 0.25) is 0 Å². The maximum absolute atomic E-state index is 9.86. The molecule has 0 saturated carbocycles. The summed E-state index contributed by atoms with van der Waals surface area (Å²) in [4.78, 5) is 0. The first-order chi connectivity index (χ1) is 10.2. The van der Waals surface area contributed by atoms with Gasteiger partial charge in [-0.2, -0.15) is 0 Å². The van der Waals surface area contributed by atoms with Gasteiger partial charge in [0.1, 0.15) is 5.75 Å². The highest BCUT2D eigenvalue weighted by atomic mass is 16.5. The summed E-state index contributed by atoms with van der Waals surface area (Å²) in [5, 5.41) is 19.7. The van der Waals surface area contributed by atoms with Crippen LogP contribution < -0.4 is 4.74 Å². The van der Waals surface area contributed by atoms with E-state index >= 15 is 0 Å². The number of aliphatic hydroxyl groups excluding tert-OH is 2. The van der Waals surface area contributed by atoms with Gasteiger partial charge in [0.25, 0.3) is 0 Å². The Balaban J connectivity index is 2.25. The third-order valence-corrected chi connectivity index (χ3v) is 3.85. The van der Waals surface area contributed by atoms with Crippen molar-refractivity contribution in [3.8, 4) is 5.75 Å². The Bertz CT molecular complexity index is 547. The van der Waals surface area contributed by atoms with Gasteiger partial charge in [-0.25, -0.2) is 0 Å². The van der Waals surface area contributed by atoms with Crippen LogP contribution in [0.3, 0.4) is 0 Å². The van der Waals surface area contributed by atoms with Crippen molar-refractivity contribution in [2.75, 3.05) is 20.3 Å². The molecule has 0 heterocycles. The van der Waals surface area contributed by atoms with Gasteiger partial charge in [0, 0.05) is 5.41 Å². The van der Waals surface area contributed by atoms with Crippen molar-refractivity contribution < 1.29 is 14.9 Å². The second-order valence-electron chi connectivity index (χ2n) is 5.47. The molecule has 0 unspecified atom stereocenters. The number of aliphatic hydroxyl groups is 2. The van der Waals surface area contributed by atoms with Crippen LogP contribution in [0.5, 0.6) is 5.75 Å². The molecule has 112 valence electrons. The lowest BCUT2D eigenvalue weighted by atomic mass is 9.77. The average molecular weight is 286 g/mol. The van der Waals surface area contributed by atoms with Crippen LogP contribution in [0.25, 0.3) is 0 Å². The summed E-state index contributed by atoms with van der Waals surface area (Å²) in [6.45, 7) is -0.146. The van der Waals surface area contributed by atoms with Crippen molar-refractivity contribution in [3.05, 3.63) is 65.7 Å². The fourth-order valence-corrected chi connectivity index (χ4v) is 2.62. The minimum atomic E-state index is -0.587. The van der Waals surface area contributed by atoms with E-state index in [0.717, 1.165) is 16.9 Å². The molecule has 3 nitrogen and oxygen atoms in total. The van der Waals surface area contributed by atoms with E-state index in [4.69, 9.17) is 4.74 Å². The van der Waals surface area contributed by atoms with E-state index in [1.54, 1.807) is 7.11 Å². The number of benzene rings is 2. The third kappa shape index (κ3) is 3.84. The van der Waals surface area contributed by atoms with E-state index in [0.29, 0.717) is 12.8 Å². The van der Waals surface area contributed by atoms with E-state index < -0.39 is 5.41 Å². The van der Waals surface area contributed by atoms with Gasteiger partial charge in [0.05, 0.1) is 20.3 Å². The summed E-state index contributed by atoms with van der Waals surface area (Å²) in [7, 11) is 1.63. The normalized spacial score (nSPS) is 11.4. The first-order valence-electron chi connectivity index (χ1n) is 7.10. The largest absolute Gasteiger partial charge is 0.496 e. The highest BCUT2D eigenvalue weighted by Crippen LogP contribution is 2.31. The van der Waals surface area contributed by atoms with Gasteiger partial charge in [0.15, 0.2) is 0 Å². The highest BCUT2D eigenvalue weighted by molar-refractivity contribution is 5.34. The molecule has 0 atom stereocenters. The number of para-hydroxylation sites is 1. The fourth-order valence-electron chi connectivity index (χ4n) is 2.62. The molecular weight excluding hydrogens is 264 g/mol. The zero-order chi connectivity index (χ0) is 15.1. The lowest BCUT2D eigenvalue weighted by molar-refractivity contribution is 0.0543. The van der Waals surface area contributed by atoms with Crippen LogP contribution in [0.1, 0.15) is 11.1 Å². The minimum Gasteiger partial charge on any atom is -0.496 e. The van der Waals surface area contributed by atoms with Crippen LogP contribution in [0.15, 0.2) is 54.6 Å². The van der Waals surface area contributed by atoms with Gasteiger partial charge in [-0.1, -0.05) is 48.5 Å². The van der Waals surface area contributed by atoms with Gasteiger partial charge < -0.3 is 14.9 Å². The number of hydrogen-bond donors (Lipinski definition) is 2. The smallest absolute Gasteiger partial charge is 0.122 e. The summed E-state index contributed by atoms with van der Waals surface area (Å²) >= 11 is 0. The zero-order valence-corrected chi connectivity index (χ0v) is 12.3. The van der Waals surface area contributed by atoms with Crippen molar-refractivity contribution >= 4 is 0 Å². The SMILES string of the molecule is COc1ccccc1CC(CO)(CO)Cc1ccccc1. The number of hydrogen-bond acceptors (Lipinski definition) is 3. The zero-order valence-electron chi connectivity index (χ0n) is 12.3. The molecule has 2 N–H and O–H groups in total. The molecule has 0 fully saturated rings. The fraction of sp³-hybridized carbons (Fsp3) is 0.333. The average Bonchev–Trinajstić information content (AvgIpc) is 2.55. The van der Waals surface area contributed by atoms with E-state index in [9.17, 15) is 10.2 Å². The first-order valence-corrected chi connectivity index (χ1v) is 7.10. The second-order valence-corrected chi connectivity index (χ2v) is 5.47. The molecule has 0 amide bonds. The Morgan fingerprint density at radius 3 is 2.10 bits per heavy atom. The summed E-state index contributed by atoms with van der Waals surface area (Å²) in [6, 6.07) is 17.7. The third-order valence-electron chi connectivity index (χ3n) is 3.85. The topological polar surface area (TPSA) is 49.7 Å². The van der Waals surface area contributed by atoms with Crippen LogP contribution in [0, 0.1) is 5.41 Å². The summed E-state index contributed by atoms with van der Waals surface area (Å²) in [6.07, 6.45) is 1.19. The molecule has 2 aromatic rings. The summed E-state index contributed by atoms with van der Waals surface area (Å²) in [5.41, 5.74) is 1.52. The molecule has 0 aromatic heterocycles. The molecule has 0 spiro atoms. The number of ether oxygens (including phenoxy) is 1. The lowest BCUT2D eigenvalue weighted by Crippen LogP contribution is -2.35. The lowest BCUT2D eigenvalue weighted by Gasteiger charge is -2.30. The minimum absolute atomic E-state index is 0.0730. The van der Waals surface area contributed by atoms with Crippen LogP contribution in [0.4, 0.5) is 0 Å². The van der Waals surface area contributed by atoms with Crippen molar-refractivity contribution in [2.45, 2.75) is 12.8 Å². The molecular formula is C18H22O3. The maximum atomic E-state index is 9.86. The summed E-state index contributed by atoms with van der Waals surface area (Å²) in [5.74, 6) is 0.789. The Kier molecular flexibility index (Phi) is 5.37. The quantitative estimate of drug-likeness (QED) is 0.822. The molecule has 0 aliphatic rings. The molecule has 0 aliphatic heterocycles.